The number of nitrogens with zero attached hydrogens (tertiary/aromatic N) is 1. The van der Waals surface area contributed by atoms with Crippen molar-refractivity contribution in [2.45, 2.75) is 46.1 Å². The molecule has 0 saturated carbocycles. The molecule has 0 aliphatic carbocycles. The first-order valence-corrected chi connectivity index (χ1v) is 9.37. The van der Waals surface area contributed by atoms with Crippen molar-refractivity contribution < 1.29 is 14.3 Å². The second-order valence-corrected chi connectivity index (χ2v) is 6.92. The van der Waals surface area contributed by atoms with Gasteiger partial charge in [0.2, 0.25) is 0 Å². The number of carbonyl (C=O) groups excluding carboxylic acids is 1. The van der Waals surface area contributed by atoms with Gasteiger partial charge in [-0.2, -0.15) is 11.8 Å². The average molecular weight is 317 g/mol. The summed E-state index contributed by atoms with van der Waals surface area (Å²) in [6, 6.07) is 0. The zero-order chi connectivity index (χ0) is 15.5. The molecule has 0 aromatic heterocycles. The number of rotatable bonds is 10. The van der Waals surface area contributed by atoms with Gasteiger partial charge in [-0.25, -0.2) is 0 Å². The fourth-order valence-electron chi connectivity index (χ4n) is 2.38. The van der Waals surface area contributed by atoms with Crippen LogP contribution in [0.1, 0.15) is 40.0 Å². The van der Waals surface area contributed by atoms with E-state index in [0.29, 0.717) is 13.2 Å². The van der Waals surface area contributed by atoms with Crippen LogP contribution < -0.4 is 0 Å². The van der Waals surface area contributed by atoms with Gasteiger partial charge in [-0.15, -0.1) is 0 Å². The minimum absolute atomic E-state index is 0.0158. The molecule has 21 heavy (non-hydrogen) atoms. The molecule has 0 radical (unpaired) electrons. The highest BCUT2D eigenvalue weighted by molar-refractivity contribution is 7.99. The summed E-state index contributed by atoms with van der Waals surface area (Å²) in [4.78, 5) is 14.4. The summed E-state index contributed by atoms with van der Waals surface area (Å²) in [7, 11) is 0. The van der Waals surface area contributed by atoms with E-state index >= 15 is 0 Å². The van der Waals surface area contributed by atoms with Crippen molar-refractivity contribution in [3.63, 3.8) is 0 Å². The molecule has 0 aromatic rings. The molecule has 1 aliphatic heterocycles. The van der Waals surface area contributed by atoms with Crippen LogP contribution in [0.5, 0.6) is 0 Å². The van der Waals surface area contributed by atoms with Gasteiger partial charge in [0.15, 0.2) is 0 Å². The number of carbonyl (C=O) groups is 1. The third kappa shape index (κ3) is 8.69. The first kappa shape index (κ1) is 18.8. The molecular formula is C16H31NO3S. The third-order valence-electron chi connectivity index (χ3n) is 3.68. The van der Waals surface area contributed by atoms with Crippen LogP contribution in [0.3, 0.4) is 0 Å². The van der Waals surface area contributed by atoms with E-state index in [9.17, 15) is 4.79 Å². The molecule has 0 aromatic carbocycles. The molecule has 4 nitrogen and oxygen atoms in total. The Kier molecular flexibility index (Phi) is 10.1. The largest absolute Gasteiger partial charge is 0.463 e. The molecule has 2 atom stereocenters. The Bertz CT molecular complexity index is 283. The summed E-state index contributed by atoms with van der Waals surface area (Å²) < 4.78 is 10.6. The Labute approximate surface area is 133 Å². The summed E-state index contributed by atoms with van der Waals surface area (Å²) in [5.74, 6) is 1.81. The molecule has 124 valence electrons. The lowest BCUT2D eigenvalue weighted by Crippen LogP contribution is -2.31. The molecule has 0 amide bonds. The molecule has 5 heteroatoms. The van der Waals surface area contributed by atoms with Crippen LogP contribution in [-0.4, -0.2) is 61.3 Å². The molecule has 2 unspecified atom stereocenters. The van der Waals surface area contributed by atoms with E-state index in [0.717, 1.165) is 18.1 Å². The molecule has 0 bridgehead atoms. The molecule has 1 rings (SSSR count). The van der Waals surface area contributed by atoms with Gasteiger partial charge < -0.3 is 14.4 Å². The van der Waals surface area contributed by atoms with Crippen LogP contribution in [0, 0.1) is 5.92 Å². The predicted molar refractivity (Wildman–Crippen MR) is 88.8 cm³/mol. The highest BCUT2D eigenvalue weighted by Gasteiger charge is 2.16. The molecular weight excluding hydrogens is 286 g/mol. The normalized spacial score (nSPS) is 19.2. The monoisotopic (exact) mass is 317 g/mol. The van der Waals surface area contributed by atoms with E-state index in [4.69, 9.17) is 9.47 Å². The second kappa shape index (κ2) is 11.3. The van der Waals surface area contributed by atoms with Gasteiger partial charge in [0.25, 0.3) is 0 Å². The summed E-state index contributed by atoms with van der Waals surface area (Å²) in [6.45, 7) is 10.5. The van der Waals surface area contributed by atoms with E-state index in [1.54, 1.807) is 0 Å². The summed E-state index contributed by atoms with van der Waals surface area (Å²) >= 11 is 1.85. The van der Waals surface area contributed by atoms with Crippen LogP contribution in [0.25, 0.3) is 0 Å². The third-order valence-corrected chi connectivity index (χ3v) is 4.89. The van der Waals surface area contributed by atoms with Crippen LogP contribution in [0.4, 0.5) is 0 Å². The maximum absolute atomic E-state index is 11.8. The average Bonchev–Trinajstić information content (AvgIpc) is 2.50. The van der Waals surface area contributed by atoms with Crippen LogP contribution in [0.2, 0.25) is 0 Å². The Hall–Kier alpha value is -0.260. The maximum atomic E-state index is 11.8. The number of esters is 1. The Morgan fingerprint density at radius 1 is 1.24 bits per heavy atom. The van der Waals surface area contributed by atoms with Crippen molar-refractivity contribution in [2.24, 2.45) is 5.92 Å². The van der Waals surface area contributed by atoms with Crippen molar-refractivity contribution in [3.8, 4) is 0 Å². The minimum atomic E-state index is -0.105. The van der Waals surface area contributed by atoms with E-state index < -0.39 is 0 Å². The molecule has 1 saturated heterocycles. The lowest BCUT2D eigenvalue weighted by atomic mass is 10.1. The standard InChI is InChI=1S/C16H31NO3S/c1-4-19-15(3)12-20-16(18)14(2)13-21-11-10-17-8-6-5-7-9-17/h14-15H,4-13H2,1-3H3. The van der Waals surface area contributed by atoms with Gasteiger partial charge in [0, 0.05) is 24.7 Å². The van der Waals surface area contributed by atoms with Crippen molar-refractivity contribution in [3.05, 3.63) is 0 Å². The molecule has 1 aliphatic rings. The number of ether oxygens (including phenoxy) is 2. The predicted octanol–water partition coefficient (Wildman–Crippen LogP) is 2.81. The first-order valence-electron chi connectivity index (χ1n) is 8.21. The quantitative estimate of drug-likeness (QED) is 0.457. The number of hydrogen-bond acceptors (Lipinski definition) is 5. The summed E-state index contributed by atoms with van der Waals surface area (Å²) in [5.41, 5.74) is 0. The highest BCUT2D eigenvalue weighted by Crippen LogP contribution is 2.13. The van der Waals surface area contributed by atoms with Gasteiger partial charge >= 0.3 is 5.97 Å². The highest BCUT2D eigenvalue weighted by atomic mass is 32.2. The van der Waals surface area contributed by atoms with Crippen molar-refractivity contribution in [1.82, 2.24) is 4.90 Å². The molecule has 0 N–H and O–H groups in total. The fourth-order valence-corrected chi connectivity index (χ4v) is 3.42. The fraction of sp³-hybridized carbons (Fsp3) is 0.938. The van der Waals surface area contributed by atoms with Gasteiger partial charge in [0.05, 0.1) is 12.0 Å². The van der Waals surface area contributed by atoms with Crippen molar-refractivity contribution in [1.29, 1.82) is 0 Å². The minimum Gasteiger partial charge on any atom is -0.463 e. The SMILES string of the molecule is CCOC(C)COC(=O)C(C)CSCCN1CCCCC1. The van der Waals surface area contributed by atoms with Crippen molar-refractivity contribution in [2.75, 3.05) is 44.4 Å². The van der Waals surface area contributed by atoms with Gasteiger partial charge in [-0.05, 0) is 39.8 Å². The zero-order valence-corrected chi connectivity index (χ0v) is 14.6. The smallest absolute Gasteiger partial charge is 0.309 e. The van der Waals surface area contributed by atoms with Gasteiger partial charge in [-0.3, -0.25) is 4.79 Å². The zero-order valence-electron chi connectivity index (χ0n) is 13.8. The Balaban J connectivity index is 2.03. The van der Waals surface area contributed by atoms with E-state index in [1.165, 1.54) is 32.4 Å². The number of thioether (sulfide) groups is 1. The second-order valence-electron chi connectivity index (χ2n) is 5.77. The lowest BCUT2D eigenvalue weighted by molar-refractivity contribution is -0.150. The summed E-state index contributed by atoms with van der Waals surface area (Å²) in [5, 5.41) is 0. The maximum Gasteiger partial charge on any atom is 0.309 e. The van der Waals surface area contributed by atoms with E-state index in [-0.39, 0.29) is 18.0 Å². The number of piperidine rings is 1. The molecule has 1 fully saturated rings. The van der Waals surface area contributed by atoms with Crippen molar-refractivity contribution >= 4 is 17.7 Å². The van der Waals surface area contributed by atoms with Gasteiger partial charge in [0.1, 0.15) is 6.61 Å². The molecule has 0 spiro atoms. The van der Waals surface area contributed by atoms with E-state index in [1.807, 2.05) is 32.5 Å². The van der Waals surface area contributed by atoms with Gasteiger partial charge in [-0.1, -0.05) is 13.3 Å². The summed E-state index contributed by atoms with van der Waals surface area (Å²) in [6.07, 6.45) is 4.04. The first-order chi connectivity index (χ1) is 10.1. The topological polar surface area (TPSA) is 38.8 Å². The van der Waals surface area contributed by atoms with Crippen LogP contribution in [0.15, 0.2) is 0 Å². The van der Waals surface area contributed by atoms with Crippen LogP contribution >= 0.6 is 11.8 Å². The van der Waals surface area contributed by atoms with E-state index in [2.05, 4.69) is 4.90 Å². The molecule has 1 heterocycles. The Morgan fingerprint density at radius 3 is 2.62 bits per heavy atom. The number of hydrogen-bond donors (Lipinski definition) is 0. The van der Waals surface area contributed by atoms with Crippen LogP contribution in [-0.2, 0) is 14.3 Å². The Morgan fingerprint density at radius 2 is 1.95 bits per heavy atom. The lowest BCUT2D eigenvalue weighted by Gasteiger charge is -2.26. The number of likely N-dealkylation sites (tertiary alicyclic amines) is 1.